The minimum absolute atomic E-state index is 0.857. The zero-order chi connectivity index (χ0) is 16.5. The number of aromatic nitrogens is 2. The second-order valence-electron chi connectivity index (χ2n) is 5.98. The van der Waals surface area contributed by atoms with Gasteiger partial charge in [0.25, 0.3) is 5.82 Å². The molecule has 0 unspecified atom stereocenters. The maximum atomic E-state index is 5.30. The molecule has 3 nitrogen and oxygen atoms in total. The number of para-hydroxylation sites is 2. The summed E-state index contributed by atoms with van der Waals surface area (Å²) in [6.07, 6.45) is 8.53. The highest BCUT2D eigenvalue weighted by Gasteiger charge is 2.28. The number of aryl methyl sites for hydroxylation is 1. The average molecular weight is 316 g/mol. The van der Waals surface area contributed by atoms with Crippen LogP contribution in [0.2, 0.25) is 0 Å². The van der Waals surface area contributed by atoms with Crippen molar-refractivity contribution in [2.24, 2.45) is 7.05 Å². The lowest BCUT2D eigenvalue weighted by atomic mass is 10.1. The molecule has 24 heavy (non-hydrogen) atoms. The molecular formula is C21H20N2O+. The Kier molecular flexibility index (Phi) is 4.01. The second kappa shape index (κ2) is 6.31. The molecular weight excluding hydrogens is 296 g/mol. The quantitative estimate of drug-likeness (QED) is 0.673. The van der Waals surface area contributed by atoms with E-state index in [4.69, 9.17) is 4.74 Å². The number of methoxy groups -OCH3 is 1. The summed E-state index contributed by atoms with van der Waals surface area (Å²) in [4.78, 5) is 0. The second-order valence-corrected chi connectivity index (χ2v) is 5.98. The highest BCUT2D eigenvalue weighted by Crippen LogP contribution is 2.30. The molecule has 0 spiro atoms. The maximum absolute atomic E-state index is 5.30. The minimum atomic E-state index is 0.857. The Balaban J connectivity index is 1.86. The fourth-order valence-corrected chi connectivity index (χ4v) is 3.34. The van der Waals surface area contributed by atoms with Crippen molar-refractivity contribution in [1.29, 1.82) is 0 Å². The van der Waals surface area contributed by atoms with Gasteiger partial charge in [-0.25, -0.2) is 9.13 Å². The standard InChI is InChI=1S/C21H20N2O/c1-22-19-9-5-6-10-20(19)23(15-16-7-3-4-8-16)21(22)17-11-13-18(24-2)14-12-17/h3-14H,15H2,1-2H3/q+1. The Morgan fingerprint density at radius 2 is 1.67 bits per heavy atom. The number of benzene rings is 2. The summed E-state index contributed by atoms with van der Waals surface area (Å²) < 4.78 is 9.94. The molecule has 1 aromatic heterocycles. The van der Waals surface area contributed by atoms with Gasteiger partial charge in [-0.1, -0.05) is 12.1 Å². The first kappa shape index (κ1) is 15.3. The van der Waals surface area contributed by atoms with Crippen molar-refractivity contribution in [3.05, 3.63) is 80.1 Å². The Labute approximate surface area is 143 Å². The molecule has 3 aromatic rings. The van der Waals surface area contributed by atoms with Gasteiger partial charge in [0.1, 0.15) is 5.75 Å². The molecule has 0 amide bonds. The smallest absolute Gasteiger partial charge is 0.289 e. The summed E-state index contributed by atoms with van der Waals surface area (Å²) in [6.45, 7) is 0.857. The van der Waals surface area contributed by atoms with Crippen LogP contribution in [0.25, 0.3) is 22.4 Å². The van der Waals surface area contributed by atoms with Crippen molar-refractivity contribution in [3.63, 3.8) is 0 Å². The molecule has 1 aliphatic rings. The number of rotatable bonds is 4. The van der Waals surface area contributed by atoms with Gasteiger partial charge in [0.2, 0.25) is 0 Å². The molecule has 0 aliphatic heterocycles. The molecule has 0 atom stereocenters. The molecule has 1 heterocycles. The molecule has 0 N–H and O–H groups in total. The molecule has 119 valence electrons. The number of ether oxygens (including phenoxy) is 1. The summed E-state index contributed by atoms with van der Waals surface area (Å²) >= 11 is 0. The lowest BCUT2D eigenvalue weighted by Gasteiger charge is -2.08. The van der Waals surface area contributed by atoms with Crippen LogP contribution in [0.1, 0.15) is 0 Å². The molecule has 2 aromatic carbocycles. The van der Waals surface area contributed by atoms with E-state index in [1.807, 2.05) is 12.1 Å². The number of imidazole rings is 1. The van der Waals surface area contributed by atoms with Gasteiger partial charge >= 0.3 is 0 Å². The Morgan fingerprint density at radius 1 is 0.958 bits per heavy atom. The van der Waals surface area contributed by atoms with Crippen molar-refractivity contribution in [2.75, 3.05) is 7.11 Å². The highest BCUT2D eigenvalue weighted by atomic mass is 16.5. The van der Waals surface area contributed by atoms with Crippen molar-refractivity contribution >= 4 is 11.0 Å². The fourth-order valence-electron chi connectivity index (χ4n) is 3.34. The summed E-state index contributed by atoms with van der Waals surface area (Å²) in [5.41, 5.74) is 3.66. The first-order valence-corrected chi connectivity index (χ1v) is 8.10. The Bertz CT molecular complexity index is 842. The number of nitrogens with zero attached hydrogens (tertiary/aromatic N) is 2. The largest absolute Gasteiger partial charge is 0.497 e. The molecule has 1 aliphatic carbocycles. The number of hydrogen-bond donors (Lipinski definition) is 0. The van der Waals surface area contributed by atoms with Crippen molar-refractivity contribution in [1.82, 2.24) is 4.57 Å². The van der Waals surface area contributed by atoms with E-state index in [1.54, 1.807) is 7.11 Å². The minimum Gasteiger partial charge on any atom is -0.497 e. The van der Waals surface area contributed by atoms with Gasteiger partial charge in [0, 0.05) is 5.92 Å². The molecule has 0 bridgehead atoms. The van der Waals surface area contributed by atoms with Crippen LogP contribution >= 0.6 is 0 Å². The monoisotopic (exact) mass is 316 g/mol. The van der Waals surface area contributed by atoms with Gasteiger partial charge in [-0.05, 0) is 62.1 Å². The first-order valence-electron chi connectivity index (χ1n) is 8.10. The first-order chi connectivity index (χ1) is 11.8. The summed E-state index contributed by atoms with van der Waals surface area (Å²) in [7, 11) is 3.82. The SMILES string of the molecule is COc1ccc(-c2n(C[C]3[CH][CH][CH][CH]3)c3ccccc3[n+]2C)cc1. The lowest BCUT2D eigenvalue weighted by molar-refractivity contribution is -0.634. The predicted molar refractivity (Wildman–Crippen MR) is 95.5 cm³/mol. The number of hydrogen-bond acceptors (Lipinski definition) is 1. The molecule has 5 radical (unpaired) electrons. The van der Waals surface area contributed by atoms with E-state index in [0.29, 0.717) is 0 Å². The third-order valence-corrected chi connectivity index (χ3v) is 4.53. The van der Waals surface area contributed by atoms with Gasteiger partial charge in [0.15, 0.2) is 11.0 Å². The summed E-state index contributed by atoms with van der Waals surface area (Å²) in [5.74, 6) is 3.38. The summed E-state index contributed by atoms with van der Waals surface area (Å²) in [5, 5.41) is 0. The van der Waals surface area contributed by atoms with Gasteiger partial charge in [0.05, 0.1) is 26.3 Å². The summed E-state index contributed by atoms with van der Waals surface area (Å²) in [6, 6.07) is 16.8. The zero-order valence-corrected chi connectivity index (χ0v) is 13.9. The van der Waals surface area contributed by atoms with Crippen molar-refractivity contribution in [2.45, 2.75) is 6.54 Å². The van der Waals surface area contributed by atoms with E-state index < -0.39 is 0 Å². The highest BCUT2D eigenvalue weighted by molar-refractivity contribution is 5.76. The Hall–Kier alpha value is -2.29. The van der Waals surface area contributed by atoms with Crippen LogP contribution in [0.5, 0.6) is 5.75 Å². The average Bonchev–Trinajstić information content (AvgIpc) is 3.23. The number of fused-ring (bicyclic) bond motifs is 1. The molecule has 0 saturated heterocycles. The lowest BCUT2D eigenvalue weighted by Crippen LogP contribution is -2.30. The van der Waals surface area contributed by atoms with E-state index in [-0.39, 0.29) is 0 Å². The van der Waals surface area contributed by atoms with Crippen molar-refractivity contribution < 1.29 is 9.30 Å². The predicted octanol–water partition coefficient (Wildman–Crippen LogP) is 3.55. The molecule has 3 heteroatoms. The topological polar surface area (TPSA) is 18.0 Å². The van der Waals surface area contributed by atoms with E-state index >= 15 is 0 Å². The van der Waals surface area contributed by atoms with Crippen LogP contribution in [0.3, 0.4) is 0 Å². The molecule has 4 rings (SSSR count). The third-order valence-electron chi connectivity index (χ3n) is 4.53. The van der Waals surface area contributed by atoms with Crippen LogP contribution in [-0.2, 0) is 13.6 Å². The van der Waals surface area contributed by atoms with Crippen LogP contribution in [0.4, 0.5) is 0 Å². The van der Waals surface area contributed by atoms with Crippen molar-refractivity contribution in [3.8, 4) is 17.1 Å². The zero-order valence-electron chi connectivity index (χ0n) is 13.9. The maximum Gasteiger partial charge on any atom is 0.289 e. The van der Waals surface area contributed by atoms with E-state index in [0.717, 1.165) is 12.3 Å². The van der Waals surface area contributed by atoms with E-state index in [2.05, 4.69) is 78.3 Å². The van der Waals surface area contributed by atoms with Crippen LogP contribution in [-0.4, -0.2) is 11.7 Å². The Morgan fingerprint density at radius 3 is 2.38 bits per heavy atom. The van der Waals surface area contributed by atoms with Crippen LogP contribution in [0.15, 0.2) is 48.5 Å². The fraction of sp³-hybridized carbons (Fsp3) is 0.143. The van der Waals surface area contributed by atoms with Crippen LogP contribution < -0.4 is 9.30 Å². The van der Waals surface area contributed by atoms with Crippen LogP contribution in [0, 0.1) is 31.6 Å². The van der Waals surface area contributed by atoms with Gasteiger partial charge < -0.3 is 4.74 Å². The van der Waals surface area contributed by atoms with E-state index in [9.17, 15) is 0 Å². The van der Waals surface area contributed by atoms with E-state index in [1.165, 1.54) is 28.3 Å². The van der Waals surface area contributed by atoms with Gasteiger partial charge in [-0.15, -0.1) is 0 Å². The molecule has 1 saturated carbocycles. The van der Waals surface area contributed by atoms with Gasteiger partial charge in [-0.3, -0.25) is 0 Å². The van der Waals surface area contributed by atoms with Gasteiger partial charge in [-0.2, -0.15) is 0 Å². The normalized spacial score (nSPS) is 15.2. The molecule has 1 fully saturated rings. The third kappa shape index (κ3) is 2.58.